The van der Waals surface area contributed by atoms with Crippen LogP contribution >= 0.6 is 15.9 Å². The number of hydrogen-bond acceptors (Lipinski definition) is 7. The maximum atomic E-state index is 12.8. The van der Waals surface area contributed by atoms with E-state index in [-0.39, 0.29) is 29.8 Å². The number of halogens is 1. The summed E-state index contributed by atoms with van der Waals surface area (Å²) in [5, 5.41) is 0. The lowest BCUT2D eigenvalue weighted by Gasteiger charge is -2.33. The number of nitrogens with zero attached hydrogens (tertiary/aromatic N) is 3. The van der Waals surface area contributed by atoms with E-state index >= 15 is 0 Å². The van der Waals surface area contributed by atoms with Crippen LogP contribution in [0.3, 0.4) is 0 Å². The minimum Gasteiger partial charge on any atom is -0.497 e. The van der Waals surface area contributed by atoms with Gasteiger partial charge < -0.3 is 21.1 Å². The topological polar surface area (TPSA) is 107 Å². The lowest BCUT2D eigenvalue weighted by Crippen LogP contribution is -2.40. The number of benzene rings is 1. The van der Waals surface area contributed by atoms with E-state index in [0.717, 1.165) is 37.2 Å². The van der Waals surface area contributed by atoms with Gasteiger partial charge in [-0.15, -0.1) is 0 Å². The third kappa shape index (κ3) is 4.13. The van der Waals surface area contributed by atoms with Gasteiger partial charge in [-0.25, -0.2) is 9.97 Å². The molecule has 0 saturated carbocycles. The van der Waals surface area contributed by atoms with Crippen LogP contribution in [0.2, 0.25) is 0 Å². The van der Waals surface area contributed by atoms with Crippen LogP contribution in [0.1, 0.15) is 28.9 Å². The maximum Gasteiger partial charge on any atom is 0.189 e. The molecule has 1 aliphatic rings. The molecule has 7 nitrogen and oxygen atoms in total. The number of piperidine rings is 1. The second-order valence-electron chi connectivity index (χ2n) is 6.35. The lowest BCUT2D eigenvalue weighted by atomic mass is 10.00. The Morgan fingerprint density at radius 2 is 2.12 bits per heavy atom. The van der Waals surface area contributed by atoms with E-state index in [1.54, 1.807) is 7.11 Å². The van der Waals surface area contributed by atoms with Crippen molar-refractivity contribution < 1.29 is 9.53 Å². The third-order valence-electron chi connectivity index (χ3n) is 4.55. The molecule has 0 spiro atoms. The Labute approximate surface area is 160 Å². The van der Waals surface area contributed by atoms with Crippen molar-refractivity contribution in [2.75, 3.05) is 30.8 Å². The third-order valence-corrected chi connectivity index (χ3v) is 4.94. The number of ketones is 1. The number of ether oxygens (including phenoxy) is 1. The zero-order chi connectivity index (χ0) is 18.7. The smallest absolute Gasteiger partial charge is 0.189 e. The van der Waals surface area contributed by atoms with Crippen molar-refractivity contribution in [3.05, 3.63) is 40.3 Å². The summed E-state index contributed by atoms with van der Waals surface area (Å²) in [6.07, 6.45) is 3.51. The van der Waals surface area contributed by atoms with Crippen LogP contribution in [-0.4, -0.2) is 42.0 Å². The van der Waals surface area contributed by atoms with E-state index in [1.807, 2.05) is 18.2 Å². The van der Waals surface area contributed by atoms with Crippen LogP contribution in [0.4, 0.5) is 11.5 Å². The summed E-state index contributed by atoms with van der Waals surface area (Å²) in [7, 11) is 1.61. The van der Waals surface area contributed by atoms with E-state index in [4.69, 9.17) is 16.2 Å². The molecule has 0 unspecified atom stereocenters. The van der Waals surface area contributed by atoms with Crippen LogP contribution < -0.4 is 21.1 Å². The largest absolute Gasteiger partial charge is 0.497 e. The van der Waals surface area contributed by atoms with E-state index < -0.39 is 0 Å². The van der Waals surface area contributed by atoms with Crippen molar-refractivity contribution in [2.45, 2.75) is 25.3 Å². The van der Waals surface area contributed by atoms with Crippen molar-refractivity contribution in [1.29, 1.82) is 0 Å². The normalized spacial score (nSPS) is 15.1. The summed E-state index contributed by atoms with van der Waals surface area (Å²) < 4.78 is 5.81. The standard InChI is InChI=1S/C18H22BrN5O2/c1-26-13-2-3-14(24-6-4-12(20)5-7-24)11(8-13)9-15(25)17-18(21)22-10-16(19)23-17/h2-3,8,10,12H,4-7,9,20H2,1H3,(H2,21,22). The molecule has 2 heterocycles. The highest BCUT2D eigenvalue weighted by Crippen LogP contribution is 2.29. The van der Waals surface area contributed by atoms with Gasteiger partial charge in [-0.3, -0.25) is 4.79 Å². The summed E-state index contributed by atoms with van der Waals surface area (Å²) in [6, 6.07) is 6.04. The molecule has 0 radical (unpaired) electrons. The summed E-state index contributed by atoms with van der Waals surface area (Å²) >= 11 is 3.23. The van der Waals surface area contributed by atoms with Crippen LogP contribution in [-0.2, 0) is 6.42 Å². The van der Waals surface area contributed by atoms with E-state index in [2.05, 4.69) is 30.8 Å². The van der Waals surface area contributed by atoms with Gasteiger partial charge in [-0.05, 0) is 52.5 Å². The summed E-state index contributed by atoms with van der Waals surface area (Å²) in [5.41, 5.74) is 13.9. The Hall–Kier alpha value is -2.19. The van der Waals surface area contributed by atoms with Gasteiger partial charge in [-0.1, -0.05) is 0 Å². The van der Waals surface area contributed by atoms with Crippen LogP contribution in [0.15, 0.2) is 29.0 Å². The number of nitrogens with two attached hydrogens (primary N) is 2. The number of anilines is 2. The molecular weight excluding hydrogens is 398 g/mol. The summed E-state index contributed by atoms with van der Waals surface area (Å²) in [5.74, 6) is 0.657. The molecule has 4 N–H and O–H groups in total. The van der Waals surface area contributed by atoms with Crippen LogP contribution in [0.25, 0.3) is 0 Å². The average Bonchev–Trinajstić information content (AvgIpc) is 2.64. The van der Waals surface area contributed by atoms with Gasteiger partial charge in [0.15, 0.2) is 11.6 Å². The molecule has 1 saturated heterocycles. The van der Waals surface area contributed by atoms with Gasteiger partial charge >= 0.3 is 0 Å². The van der Waals surface area contributed by atoms with E-state index in [0.29, 0.717) is 10.4 Å². The predicted octanol–water partition coefficient (Wildman–Crippen LogP) is 2.18. The fraction of sp³-hybridized carbons (Fsp3) is 0.389. The SMILES string of the molecule is COc1ccc(N2CCC(N)CC2)c(CC(=O)c2nc(Br)cnc2N)c1. The molecule has 1 aromatic heterocycles. The quantitative estimate of drug-likeness (QED) is 0.714. The highest BCUT2D eigenvalue weighted by Gasteiger charge is 2.22. The minimum atomic E-state index is -0.181. The number of methoxy groups -OCH3 is 1. The van der Waals surface area contributed by atoms with Crippen molar-refractivity contribution in [3.8, 4) is 5.75 Å². The lowest BCUT2D eigenvalue weighted by molar-refractivity contribution is 0.0988. The Bertz CT molecular complexity index is 806. The van der Waals surface area contributed by atoms with Crippen molar-refractivity contribution in [1.82, 2.24) is 9.97 Å². The second-order valence-corrected chi connectivity index (χ2v) is 7.16. The van der Waals surface area contributed by atoms with Gasteiger partial charge in [0.2, 0.25) is 0 Å². The molecule has 26 heavy (non-hydrogen) atoms. The number of carbonyl (C=O) groups is 1. The first-order valence-electron chi connectivity index (χ1n) is 8.46. The summed E-state index contributed by atoms with van der Waals surface area (Å²) in [6.45, 7) is 1.74. The Morgan fingerprint density at radius 1 is 1.38 bits per heavy atom. The zero-order valence-corrected chi connectivity index (χ0v) is 16.2. The van der Waals surface area contributed by atoms with Crippen molar-refractivity contribution >= 4 is 33.2 Å². The number of rotatable bonds is 5. The first-order valence-corrected chi connectivity index (χ1v) is 9.26. The Balaban J connectivity index is 1.90. The van der Waals surface area contributed by atoms with Gasteiger partial charge in [0.05, 0.1) is 13.3 Å². The molecule has 0 bridgehead atoms. The molecule has 8 heteroatoms. The number of Topliss-reactive ketones (excluding diaryl/α,β-unsaturated/α-hetero) is 1. The molecular formula is C18H22BrN5O2. The molecule has 0 amide bonds. The molecule has 3 rings (SSSR count). The monoisotopic (exact) mass is 419 g/mol. The molecule has 1 aromatic carbocycles. The molecule has 0 aliphatic carbocycles. The summed E-state index contributed by atoms with van der Waals surface area (Å²) in [4.78, 5) is 23.2. The van der Waals surface area contributed by atoms with Crippen LogP contribution in [0, 0.1) is 0 Å². The van der Waals surface area contributed by atoms with Crippen LogP contribution in [0.5, 0.6) is 5.75 Å². The highest BCUT2D eigenvalue weighted by molar-refractivity contribution is 9.10. The molecule has 0 atom stereocenters. The van der Waals surface area contributed by atoms with Gasteiger partial charge in [0, 0.05) is 31.2 Å². The first kappa shape index (κ1) is 18.6. The fourth-order valence-corrected chi connectivity index (χ4v) is 3.40. The average molecular weight is 420 g/mol. The van der Waals surface area contributed by atoms with Gasteiger partial charge in [0.25, 0.3) is 0 Å². The number of nitrogen functional groups attached to an aromatic ring is 1. The zero-order valence-electron chi connectivity index (χ0n) is 14.6. The molecule has 1 aliphatic heterocycles. The fourth-order valence-electron chi connectivity index (χ4n) is 3.12. The number of aromatic nitrogens is 2. The second kappa shape index (κ2) is 8.01. The van der Waals surface area contributed by atoms with E-state index in [1.165, 1.54) is 6.20 Å². The van der Waals surface area contributed by atoms with Crippen molar-refractivity contribution in [3.63, 3.8) is 0 Å². The molecule has 1 fully saturated rings. The maximum absolute atomic E-state index is 12.8. The van der Waals surface area contributed by atoms with Crippen molar-refractivity contribution in [2.24, 2.45) is 5.73 Å². The minimum absolute atomic E-state index is 0.131. The van der Waals surface area contributed by atoms with E-state index in [9.17, 15) is 4.79 Å². The van der Waals surface area contributed by atoms with Gasteiger partial charge in [0.1, 0.15) is 16.0 Å². The first-order chi connectivity index (χ1) is 12.5. The molecule has 138 valence electrons. The molecule has 2 aromatic rings. The van der Waals surface area contributed by atoms with Gasteiger partial charge in [-0.2, -0.15) is 0 Å². The Kier molecular flexibility index (Phi) is 5.73. The number of hydrogen-bond donors (Lipinski definition) is 2. The predicted molar refractivity (Wildman–Crippen MR) is 105 cm³/mol. The number of carbonyl (C=O) groups excluding carboxylic acids is 1. The highest BCUT2D eigenvalue weighted by atomic mass is 79.9. The Morgan fingerprint density at radius 3 is 2.81 bits per heavy atom.